The molecular formula is C11H13F4NO. The van der Waals surface area contributed by atoms with Crippen LogP contribution in [-0.4, -0.2) is 17.8 Å². The molecule has 1 unspecified atom stereocenters. The minimum absolute atomic E-state index is 0.204. The van der Waals surface area contributed by atoms with Gasteiger partial charge in [-0.05, 0) is 31.5 Å². The molecule has 0 heterocycles. The molecule has 0 aromatic heterocycles. The number of rotatable bonds is 4. The summed E-state index contributed by atoms with van der Waals surface area (Å²) in [6, 6.07) is 2.18. The average molecular weight is 251 g/mol. The lowest BCUT2D eigenvalue weighted by molar-refractivity contribution is -0.137. The Labute approximate surface area is 96.3 Å². The van der Waals surface area contributed by atoms with E-state index in [1.54, 1.807) is 6.92 Å². The van der Waals surface area contributed by atoms with Gasteiger partial charge < -0.3 is 10.4 Å². The van der Waals surface area contributed by atoms with Crippen molar-refractivity contribution in [2.24, 2.45) is 0 Å². The van der Waals surface area contributed by atoms with Gasteiger partial charge in [0.05, 0.1) is 17.4 Å². The molecule has 0 aliphatic carbocycles. The molecule has 0 bridgehead atoms. The monoisotopic (exact) mass is 251 g/mol. The normalized spacial score (nSPS) is 13.5. The van der Waals surface area contributed by atoms with Crippen LogP contribution >= 0.6 is 0 Å². The number of halogens is 4. The third kappa shape index (κ3) is 4.22. The van der Waals surface area contributed by atoms with E-state index in [0.717, 1.165) is 12.1 Å². The number of aliphatic hydroxyl groups excluding tert-OH is 1. The molecule has 0 aliphatic heterocycles. The van der Waals surface area contributed by atoms with Crippen molar-refractivity contribution >= 4 is 5.69 Å². The molecule has 0 spiro atoms. The van der Waals surface area contributed by atoms with E-state index in [9.17, 15) is 17.6 Å². The summed E-state index contributed by atoms with van der Waals surface area (Å²) in [7, 11) is 0. The molecule has 2 N–H and O–H groups in total. The summed E-state index contributed by atoms with van der Waals surface area (Å²) in [5, 5.41) is 11.5. The summed E-state index contributed by atoms with van der Waals surface area (Å²) in [4.78, 5) is 0. The molecule has 96 valence electrons. The Balaban J connectivity index is 2.77. The summed E-state index contributed by atoms with van der Waals surface area (Å²) in [5.74, 6) is -0.747. The Bertz CT molecular complexity index is 376. The number of hydrogen-bond acceptors (Lipinski definition) is 2. The summed E-state index contributed by atoms with van der Waals surface area (Å²) in [6.45, 7) is 1.75. The lowest BCUT2D eigenvalue weighted by Gasteiger charge is -2.12. The Morgan fingerprint density at radius 1 is 1.35 bits per heavy atom. The zero-order chi connectivity index (χ0) is 13.1. The predicted molar refractivity (Wildman–Crippen MR) is 56.2 cm³/mol. The van der Waals surface area contributed by atoms with Crippen LogP contribution in [0.5, 0.6) is 0 Å². The fourth-order valence-electron chi connectivity index (χ4n) is 1.25. The van der Waals surface area contributed by atoms with Gasteiger partial charge in [-0.3, -0.25) is 0 Å². The van der Waals surface area contributed by atoms with Crippen LogP contribution in [0.15, 0.2) is 18.2 Å². The zero-order valence-electron chi connectivity index (χ0n) is 9.18. The number of nitrogens with one attached hydrogen (secondary N) is 1. The molecule has 1 rings (SSSR count). The maximum atomic E-state index is 13.2. The number of anilines is 1. The topological polar surface area (TPSA) is 32.3 Å². The van der Waals surface area contributed by atoms with E-state index in [4.69, 9.17) is 5.11 Å². The predicted octanol–water partition coefficient (Wildman–Crippen LogP) is 3.03. The van der Waals surface area contributed by atoms with Crippen molar-refractivity contribution < 1.29 is 22.7 Å². The largest absolute Gasteiger partial charge is 0.416 e. The number of aliphatic hydroxyl groups is 1. The van der Waals surface area contributed by atoms with Gasteiger partial charge in [0.25, 0.3) is 0 Å². The summed E-state index contributed by atoms with van der Waals surface area (Å²) in [5.41, 5.74) is -1.11. The van der Waals surface area contributed by atoms with Crippen LogP contribution in [0.25, 0.3) is 0 Å². The second-order valence-corrected chi connectivity index (χ2v) is 3.76. The van der Waals surface area contributed by atoms with E-state index < -0.39 is 23.7 Å². The van der Waals surface area contributed by atoms with E-state index in [2.05, 4.69) is 5.32 Å². The van der Waals surface area contributed by atoms with Crippen LogP contribution in [0.1, 0.15) is 18.9 Å². The minimum atomic E-state index is -4.49. The van der Waals surface area contributed by atoms with E-state index in [-0.39, 0.29) is 12.2 Å². The lowest BCUT2D eigenvalue weighted by atomic mass is 10.2. The van der Waals surface area contributed by atoms with Crippen LogP contribution < -0.4 is 5.32 Å². The van der Waals surface area contributed by atoms with E-state index >= 15 is 0 Å². The third-order valence-corrected chi connectivity index (χ3v) is 2.17. The molecule has 2 nitrogen and oxygen atoms in total. The molecule has 0 amide bonds. The molecule has 0 aliphatic rings. The Hall–Kier alpha value is -1.30. The zero-order valence-corrected chi connectivity index (χ0v) is 9.18. The van der Waals surface area contributed by atoms with Crippen LogP contribution in [0.2, 0.25) is 0 Å². The Morgan fingerprint density at radius 3 is 2.53 bits per heavy atom. The first-order chi connectivity index (χ1) is 7.80. The maximum Gasteiger partial charge on any atom is 0.416 e. The average Bonchev–Trinajstić information content (AvgIpc) is 2.18. The first-order valence-corrected chi connectivity index (χ1v) is 5.09. The third-order valence-electron chi connectivity index (χ3n) is 2.17. The van der Waals surface area contributed by atoms with Crippen molar-refractivity contribution in [3.8, 4) is 0 Å². The SMILES string of the molecule is CC(O)CCNc1cc(C(F)(F)F)ccc1F. The van der Waals surface area contributed by atoms with Gasteiger partial charge in [0.1, 0.15) is 5.82 Å². The van der Waals surface area contributed by atoms with Gasteiger partial charge in [0, 0.05) is 6.54 Å². The molecule has 0 fully saturated rings. The molecule has 1 aromatic rings. The van der Waals surface area contributed by atoms with Gasteiger partial charge in [0.2, 0.25) is 0 Å². The molecule has 6 heteroatoms. The molecule has 1 atom stereocenters. The van der Waals surface area contributed by atoms with Crippen molar-refractivity contribution in [2.75, 3.05) is 11.9 Å². The van der Waals surface area contributed by atoms with Crippen LogP contribution in [-0.2, 0) is 6.18 Å². The highest BCUT2D eigenvalue weighted by Crippen LogP contribution is 2.31. The molecule has 0 radical (unpaired) electrons. The standard InChI is InChI=1S/C11H13F4NO/c1-7(17)4-5-16-10-6-8(11(13,14)15)2-3-9(10)12/h2-3,6-7,16-17H,4-5H2,1H3. The maximum absolute atomic E-state index is 13.2. The van der Waals surface area contributed by atoms with Crippen LogP contribution in [0.4, 0.5) is 23.2 Å². The molecule has 17 heavy (non-hydrogen) atoms. The number of hydrogen-bond donors (Lipinski definition) is 2. The highest BCUT2D eigenvalue weighted by atomic mass is 19.4. The highest BCUT2D eigenvalue weighted by molar-refractivity contribution is 5.48. The van der Waals surface area contributed by atoms with Gasteiger partial charge in [-0.2, -0.15) is 13.2 Å². The molecule has 1 aromatic carbocycles. The van der Waals surface area contributed by atoms with E-state index in [1.807, 2.05) is 0 Å². The lowest BCUT2D eigenvalue weighted by Crippen LogP contribution is -2.12. The highest BCUT2D eigenvalue weighted by Gasteiger charge is 2.31. The summed E-state index contributed by atoms with van der Waals surface area (Å²) < 4.78 is 50.3. The van der Waals surface area contributed by atoms with Crippen molar-refractivity contribution in [3.63, 3.8) is 0 Å². The number of alkyl halides is 3. The smallest absolute Gasteiger partial charge is 0.393 e. The second-order valence-electron chi connectivity index (χ2n) is 3.76. The summed E-state index contributed by atoms with van der Waals surface area (Å²) in [6.07, 6.45) is -4.75. The van der Waals surface area contributed by atoms with Crippen molar-refractivity contribution in [1.82, 2.24) is 0 Å². The van der Waals surface area contributed by atoms with Gasteiger partial charge in [-0.15, -0.1) is 0 Å². The van der Waals surface area contributed by atoms with Gasteiger partial charge in [0.15, 0.2) is 0 Å². The second kappa shape index (κ2) is 5.35. The Morgan fingerprint density at radius 2 is 2.00 bits per heavy atom. The van der Waals surface area contributed by atoms with Gasteiger partial charge >= 0.3 is 6.18 Å². The van der Waals surface area contributed by atoms with Gasteiger partial charge in [-0.25, -0.2) is 4.39 Å². The first kappa shape index (κ1) is 13.8. The molecule has 0 saturated heterocycles. The van der Waals surface area contributed by atoms with Crippen LogP contribution in [0, 0.1) is 5.82 Å². The van der Waals surface area contributed by atoms with Gasteiger partial charge in [-0.1, -0.05) is 0 Å². The van der Waals surface area contributed by atoms with E-state index in [1.165, 1.54) is 0 Å². The Kier molecular flexibility index (Phi) is 4.34. The van der Waals surface area contributed by atoms with Crippen molar-refractivity contribution in [1.29, 1.82) is 0 Å². The fourth-order valence-corrected chi connectivity index (χ4v) is 1.25. The molecule has 0 saturated carbocycles. The fraction of sp³-hybridized carbons (Fsp3) is 0.455. The quantitative estimate of drug-likeness (QED) is 0.806. The number of benzene rings is 1. The van der Waals surface area contributed by atoms with Crippen LogP contribution in [0.3, 0.4) is 0 Å². The first-order valence-electron chi connectivity index (χ1n) is 5.09. The summed E-state index contributed by atoms with van der Waals surface area (Å²) >= 11 is 0. The molecular weight excluding hydrogens is 238 g/mol. The minimum Gasteiger partial charge on any atom is -0.393 e. The van der Waals surface area contributed by atoms with Crippen molar-refractivity contribution in [2.45, 2.75) is 25.6 Å². The van der Waals surface area contributed by atoms with Crippen molar-refractivity contribution in [3.05, 3.63) is 29.6 Å². The van der Waals surface area contributed by atoms with E-state index in [0.29, 0.717) is 12.5 Å².